The topological polar surface area (TPSA) is 35.5 Å². The molecular formula is C12H14O3. The molecule has 2 rings (SSSR count). The van der Waals surface area contributed by atoms with Gasteiger partial charge in [-0.3, -0.25) is 4.79 Å². The molecule has 80 valence electrons. The summed E-state index contributed by atoms with van der Waals surface area (Å²) in [5.74, 6) is 0.170. The van der Waals surface area contributed by atoms with Gasteiger partial charge in [-0.1, -0.05) is 30.3 Å². The van der Waals surface area contributed by atoms with Gasteiger partial charge in [0.2, 0.25) is 0 Å². The first kappa shape index (κ1) is 10.3. The highest BCUT2D eigenvalue weighted by molar-refractivity contribution is 5.81. The van der Waals surface area contributed by atoms with E-state index in [4.69, 9.17) is 9.47 Å². The second-order valence-corrected chi connectivity index (χ2v) is 3.68. The van der Waals surface area contributed by atoms with Crippen molar-refractivity contribution in [3.05, 3.63) is 35.9 Å². The smallest absolute Gasteiger partial charge is 0.161 e. The number of carbonyl (C=O) groups excluding carboxylic acids is 1. The van der Waals surface area contributed by atoms with Gasteiger partial charge in [0, 0.05) is 6.42 Å². The molecule has 1 aliphatic heterocycles. The van der Waals surface area contributed by atoms with E-state index in [1.165, 1.54) is 0 Å². The number of hydrogen-bond acceptors (Lipinski definition) is 3. The Bertz CT molecular complexity index is 321. The van der Waals surface area contributed by atoms with E-state index in [0.717, 1.165) is 5.56 Å². The maximum absolute atomic E-state index is 10.9. The first-order valence-corrected chi connectivity index (χ1v) is 5.09. The molecule has 1 aromatic rings. The molecule has 0 amide bonds. The van der Waals surface area contributed by atoms with E-state index in [-0.39, 0.29) is 18.5 Å². The third-order valence-electron chi connectivity index (χ3n) is 2.35. The molecule has 3 heteroatoms. The van der Waals surface area contributed by atoms with Crippen molar-refractivity contribution in [1.29, 1.82) is 0 Å². The van der Waals surface area contributed by atoms with Crippen molar-refractivity contribution in [1.82, 2.24) is 0 Å². The average Bonchev–Trinajstić information content (AvgIpc) is 2.66. The minimum absolute atomic E-state index is 0.0405. The normalized spacial score (nSPS) is 20.8. The van der Waals surface area contributed by atoms with Crippen LogP contribution in [0.2, 0.25) is 0 Å². The monoisotopic (exact) mass is 206 g/mol. The Balaban J connectivity index is 1.69. The first-order chi connectivity index (χ1) is 7.34. The first-order valence-electron chi connectivity index (χ1n) is 5.09. The van der Waals surface area contributed by atoms with Gasteiger partial charge >= 0.3 is 0 Å². The molecular weight excluding hydrogens is 192 g/mol. The molecule has 0 spiro atoms. The summed E-state index contributed by atoms with van der Waals surface area (Å²) in [4.78, 5) is 10.9. The molecule has 0 aliphatic carbocycles. The van der Waals surface area contributed by atoms with Crippen LogP contribution < -0.4 is 0 Å². The van der Waals surface area contributed by atoms with Gasteiger partial charge in [-0.25, -0.2) is 0 Å². The van der Waals surface area contributed by atoms with E-state index in [1.54, 1.807) is 0 Å². The van der Waals surface area contributed by atoms with E-state index in [2.05, 4.69) is 0 Å². The van der Waals surface area contributed by atoms with Crippen LogP contribution in [0.5, 0.6) is 0 Å². The lowest BCUT2D eigenvalue weighted by Gasteiger charge is -2.08. The third-order valence-corrected chi connectivity index (χ3v) is 2.35. The molecule has 1 fully saturated rings. The molecule has 1 atom stereocenters. The van der Waals surface area contributed by atoms with Crippen LogP contribution in [0.25, 0.3) is 0 Å². The Labute approximate surface area is 89.0 Å². The van der Waals surface area contributed by atoms with Gasteiger partial charge in [0.25, 0.3) is 0 Å². The van der Waals surface area contributed by atoms with Gasteiger partial charge in [-0.15, -0.1) is 0 Å². The molecule has 1 saturated heterocycles. The van der Waals surface area contributed by atoms with Gasteiger partial charge < -0.3 is 9.47 Å². The summed E-state index contributed by atoms with van der Waals surface area (Å²) in [5.41, 5.74) is 1.14. The Morgan fingerprint density at radius 1 is 1.33 bits per heavy atom. The number of hydrogen-bond donors (Lipinski definition) is 0. The van der Waals surface area contributed by atoms with E-state index in [9.17, 15) is 4.79 Å². The molecule has 0 N–H and O–H groups in total. The van der Waals surface area contributed by atoms with Gasteiger partial charge in [0.1, 0.15) is 6.61 Å². The number of rotatable bonds is 4. The van der Waals surface area contributed by atoms with E-state index in [1.807, 2.05) is 30.3 Å². The van der Waals surface area contributed by atoms with Crippen LogP contribution in [0.1, 0.15) is 12.0 Å². The lowest BCUT2D eigenvalue weighted by Crippen LogP contribution is -2.14. The maximum Gasteiger partial charge on any atom is 0.161 e. The summed E-state index contributed by atoms with van der Waals surface area (Å²) in [7, 11) is 0. The molecule has 1 unspecified atom stereocenters. The summed E-state index contributed by atoms with van der Waals surface area (Å²) < 4.78 is 10.7. The average molecular weight is 206 g/mol. The predicted molar refractivity (Wildman–Crippen MR) is 55.5 cm³/mol. The van der Waals surface area contributed by atoms with Gasteiger partial charge in [-0.2, -0.15) is 0 Å². The van der Waals surface area contributed by atoms with Crippen molar-refractivity contribution in [3.63, 3.8) is 0 Å². The summed E-state index contributed by atoms with van der Waals surface area (Å²) in [6.07, 6.45) is 0.454. The molecule has 0 bridgehead atoms. The zero-order chi connectivity index (χ0) is 10.5. The summed E-state index contributed by atoms with van der Waals surface area (Å²) >= 11 is 0. The fourth-order valence-corrected chi connectivity index (χ4v) is 1.57. The predicted octanol–water partition coefficient (Wildman–Crippen LogP) is 1.56. The molecule has 1 aromatic carbocycles. The number of benzene rings is 1. The molecule has 3 nitrogen and oxygen atoms in total. The molecule has 1 heterocycles. The second kappa shape index (κ2) is 5.05. The van der Waals surface area contributed by atoms with Crippen molar-refractivity contribution < 1.29 is 14.3 Å². The minimum atomic E-state index is -0.0405. The number of ether oxygens (including phenoxy) is 2. The van der Waals surface area contributed by atoms with Crippen LogP contribution in [-0.2, 0) is 20.9 Å². The standard InChI is InChI=1S/C12H14O3/c13-11-6-12(15-8-11)9-14-7-10-4-2-1-3-5-10/h1-5,12H,6-9H2. The fraction of sp³-hybridized carbons (Fsp3) is 0.417. The number of Topliss-reactive ketones (excluding diaryl/α,β-unsaturated/α-hetero) is 1. The highest BCUT2D eigenvalue weighted by Crippen LogP contribution is 2.10. The van der Waals surface area contributed by atoms with Gasteiger partial charge in [0.05, 0.1) is 19.3 Å². The zero-order valence-corrected chi connectivity index (χ0v) is 8.52. The Morgan fingerprint density at radius 3 is 2.80 bits per heavy atom. The number of carbonyl (C=O) groups is 1. The van der Waals surface area contributed by atoms with Crippen LogP contribution in [0, 0.1) is 0 Å². The molecule has 1 aliphatic rings. The van der Waals surface area contributed by atoms with Gasteiger partial charge in [-0.05, 0) is 5.56 Å². The van der Waals surface area contributed by atoms with Crippen LogP contribution >= 0.6 is 0 Å². The highest BCUT2D eigenvalue weighted by atomic mass is 16.5. The highest BCUT2D eigenvalue weighted by Gasteiger charge is 2.22. The lowest BCUT2D eigenvalue weighted by molar-refractivity contribution is -0.117. The molecule has 0 saturated carbocycles. The van der Waals surface area contributed by atoms with E-state index >= 15 is 0 Å². The summed E-state index contributed by atoms with van der Waals surface area (Å²) in [6.45, 7) is 1.33. The molecule has 0 radical (unpaired) electrons. The Hall–Kier alpha value is -1.19. The minimum Gasteiger partial charge on any atom is -0.374 e. The Morgan fingerprint density at radius 2 is 2.13 bits per heavy atom. The van der Waals surface area contributed by atoms with Crippen molar-refractivity contribution in [2.75, 3.05) is 13.2 Å². The van der Waals surface area contributed by atoms with Crippen LogP contribution in [0.4, 0.5) is 0 Å². The van der Waals surface area contributed by atoms with Crippen molar-refractivity contribution in [2.45, 2.75) is 19.1 Å². The molecule has 15 heavy (non-hydrogen) atoms. The van der Waals surface area contributed by atoms with E-state index < -0.39 is 0 Å². The zero-order valence-electron chi connectivity index (χ0n) is 8.52. The van der Waals surface area contributed by atoms with Crippen molar-refractivity contribution in [3.8, 4) is 0 Å². The SMILES string of the molecule is O=C1COC(COCc2ccccc2)C1. The largest absolute Gasteiger partial charge is 0.374 e. The maximum atomic E-state index is 10.9. The summed E-state index contributed by atoms with van der Waals surface area (Å²) in [6, 6.07) is 9.96. The lowest BCUT2D eigenvalue weighted by atomic mass is 10.2. The number of ketones is 1. The third kappa shape index (κ3) is 3.15. The van der Waals surface area contributed by atoms with Crippen LogP contribution in [-0.4, -0.2) is 25.1 Å². The molecule has 0 aromatic heterocycles. The Kier molecular flexibility index (Phi) is 3.48. The summed E-state index contributed by atoms with van der Waals surface area (Å²) in [5, 5.41) is 0. The van der Waals surface area contributed by atoms with Crippen molar-refractivity contribution >= 4 is 5.78 Å². The quantitative estimate of drug-likeness (QED) is 0.750. The van der Waals surface area contributed by atoms with E-state index in [0.29, 0.717) is 19.6 Å². The fourth-order valence-electron chi connectivity index (χ4n) is 1.57. The van der Waals surface area contributed by atoms with Crippen LogP contribution in [0.3, 0.4) is 0 Å². The van der Waals surface area contributed by atoms with Gasteiger partial charge in [0.15, 0.2) is 5.78 Å². The van der Waals surface area contributed by atoms with Crippen LogP contribution in [0.15, 0.2) is 30.3 Å². The second-order valence-electron chi connectivity index (χ2n) is 3.68. The van der Waals surface area contributed by atoms with Crippen molar-refractivity contribution in [2.24, 2.45) is 0 Å².